The van der Waals surface area contributed by atoms with Crippen LogP contribution < -0.4 is 10.5 Å². The van der Waals surface area contributed by atoms with Crippen molar-refractivity contribution < 1.29 is 14.6 Å². The van der Waals surface area contributed by atoms with Gasteiger partial charge in [0, 0.05) is 12.1 Å². The summed E-state index contributed by atoms with van der Waals surface area (Å²) in [6, 6.07) is 3.08. The van der Waals surface area contributed by atoms with E-state index in [-0.39, 0.29) is 12.2 Å². The van der Waals surface area contributed by atoms with Crippen LogP contribution in [0.1, 0.15) is 5.69 Å². The number of nitrogens with two attached hydrogens (primary N) is 1. The van der Waals surface area contributed by atoms with E-state index in [1.807, 2.05) is 0 Å². The number of carboxylic acids is 1. The predicted octanol–water partition coefficient (Wildman–Crippen LogP) is 0.299. The van der Waals surface area contributed by atoms with Crippen molar-refractivity contribution in [3.05, 3.63) is 17.8 Å². The maximum Gasteiger partial charge on any atom is 0.309 e. The second kappa shape index (κ2) is 3.75. The Hall–Kier alpha value is -1.78. The normalized spacial score (nSPS) is 9.62. The molecule has 0 spiro atoms. The van der Waals surface area contributed by atoms with Gasteiger partial charge in [0.15, 0.2) is 0 Å². The molecule has 0 aromatic carbocycles. The Morgan fingerprint density at radius 1 is 1.69 bits per heavy atom. The third-order valence-corrected chi connectivity index (χ3v) is 1.44. The van der Waals surface area contributed by atoms with E-state index in [1.54, 1.807) is 6.07 Å². The molecule has 0 aliphatic heterocycles. The molecule has 0 bridgehead atoms. The summed E-state index contributed by atoms with van der Waals surface area (Å²) in [5.74, 6) is -0.167. The number of anilines is 1. The summed E-state index contributed by atoms with van der Waals surface area (Å²) in [6.45, 7) is 0. The highest BCUT2D eigenvalue weighted by Gasteiger charge is 2.04. The van der Waals surface area contributed by atoms with Crippen LogP contribution in [0.3, 0.4) is 0 Å². The van der Waals surface area contributed by atoms with Crippen molar-refractivity contribution in [1.29, 1.82) is 0 Å². The Morgan fingerprint density at radius 3 is 2.92 bits per heavy atom. The number of aromatic nitrogens is 1. The van der Waals surface area contributed by atoms with Crippen molar-refractivity contribution in [1.82, 2.24) is 4.98 Å². The lowest BCUT2D eigenvalue weighted by Gasteiger charge is -2.03. The highest BCUT2D eigenvalue weighted by Crippen LogP contribution is 2.15. The fraction of sp³-hybridized carbons (Fsp3) is 0.250. The zero-order valence-corrected chi connectivity index (χ0v) is 7.15. The van der Waals surface area contributed by atoms with E-state index in [4.69, 9.17) is 15.6 Å². The minimum atomic E-state index is -0.944. The number of hydrogen-bond acceptors (Lipinski definition) is 4. The fourth-order valence-corrected chi connectivity index (χ4v) is 0.945. The van der Waals surface area contributed by atoms with Gasteiger partial charge in [0.1, 0.15) is 11.6 Å². The Kier molecular flexibility index (Phi) is 2.69. The van der Waals surface area contributed by atoms with Gasteiger partial charge in [-0.3, -0.25) is 4.79 Å². The minimum absolute atomic E-state index is 0.151. The lowest BCUT2D eigenvalue weighted by molar-refractivity contribution is -0.136. The third kappa shape index (κ3) is 2.62. The summed E-state index contributed by atoms with van der Waals surface area (Å²) in [5.41, 5.74) is 5.82. The molecule has 70 valence electrons. The van der Waals surface area contributed by atoms with E-state index < -0.39 is 5.97 Å². The molecule has 0 saturated carbocycles. The van der Waals surface area contributed by atoms with Gasteiger partial charge in [-0.2, -0.15) is 0 Å². The number of carboxylic acid groups (broad SMARTS) is 1. The first-order valence-electron chi connectivity index (χ1n) is 3.64. The zero-order valence-electron chi connectivity index (χ0n) is 7.15. The molecular formula is C8H10N2O3. The van der Waals surface area contributed by atoms with Gasteiger partial charge in [0.2, 0.25) is 0 Å². The molecule has 13 heavy (non-hydrogen) atoms. The van der Waals surface area contributed by atoms with Gasteiger partial charge in [-0.15, -0.1) is 0 Å². The van der Waals surface area contributed by atoms with Gasteiger partial charge < -0.3 is 15.6 Å². The summed E-state index contributed by atoms with van der Waals surface area (Å²) in [6.07, 6.45) is -0.151. The highest BCUT2D eigenvalue weighted by atomic mass is 16.5. The first-order valence-corrected chi connectivity index (χ1v) is 3.64. The van der Waals surface area contributed by atoms with Crippen molar-refractivity contribution in [2.75, 3.05) is 12.8 Å². The number of rotatable bonds is 3. The maximum atomic E-state index is 10.4. The Bertz CT molecular complexity index is 325. The molecule has 0 aliphatic carbocycles. The van der Waals surface area contributed by atoms with Gasteiger partial charge >= 0.3 is 5.97 Å². The van der Waals surface area contributed by atoms with Gasteiger partial charge in [0.05, 0.1) is 19.2 Å². The van der Waals surface area contributed by atoms with Crippen LogP contribution in [0.15, 0.2) is 12.1 Å². The molecule has 0 unspecified atom stereocenters. The predicted molar refractivity (Wildman–Crippen MR) is 46.5 cm³/mol. The van der Waals surface area contributed by atoms with Crippen LogP contribution in [0.2, 0.25) is 0 Å². The van der Waals surface area contributed by atoms with Gasteiger partial charge in [-0.05, 0) is 0 Å². The van der Waals surface area contributed by atoms with Crippen LogP contribution in [0.5, 0.6) is 5.75 Å². The molecule has 1 aromatic heterocycles. The second-order valence-corrected chi connectivity index (χ2v) is 2.49. The van der Waals surface area contributed by atoms with E-state index in [0.717, 1.165) is 0 Å². The molecule has 1 heterocycles. The van der Waals surface area contributed by atoms with Crippen molar-refractivity contribution in [2.45, 2.75) is 6.42 Å². The van der Waals surface area contributed by atoms with Gasteiger partial charge in [-0.1, -0.05) is 0 Å². The summed E-state index contributed by atoms with van der Waals surface area (Å²) < 4.78 is 4.90. The zero-order chi connectivity index (χ0) is 9.84. The Labute approximate surface area is 75.2 Å². The molecule has 1 rings (SSSR count). The standard InChI is InChI=1S/C8H10N2O3/c1-13-6-2-5(3-8(11)12)10-7(9)4-6/h2,4H,3H2,1H3,(H2,9,10)(H,11,12). The number of pyridine rings is 1. The first kappa shape index (κ1) is 9.31. The van der Waals surface area contributed by atoms with Crippen molar-refractivity contribution in [2.24, 2.45) is 0 Å². The topological polar surface area (TPSA) is 85.4 Å². The van der Waals surface area contributed by atoms with Crippen LogP contribution in [-0.4, -0.2) is 23.2 Å². The van der Waals surface area contributed by atoms with Crippen LogP contribution in [0.25, 0.3) is 0 Å². The summed E-state index contributed by atoms with van der Waals surface area (Å²) in [5, 5.41) is 8.50. The molecule has 0 fully saturated rings. The SMILES string of the molecule is COc1cc(N)nc(CC(=O)O)c1. The molecule has 0 saturated heterocycles. The molecule has 0 amide bonds. The fourth-order valence-electron chi connectivity index (χ4n) is 0.945. The lowest BCUT2D eigenvalue weighted by Crippen LogP contribution is -2.04. The van der Waals surface area contributed by atoms with E-state index >= 15 is 0 Å². The van der Waals surface area contributed by atoms with Crippen LogP contribution in [0.4, 0.5) is 5.82 Å². The summed E-state index contributed by atoms with van der Waals surface area (Å²) in [4.78, 5) is 14.2. The lowest BCUT2D eigenvalue weighted by atomic mass is 10.2. The maximum absolute atomic E-state index is 10.4. The van der Waals surface area contributed by atoms with Crippen LogP contribution in [-0.2, 0) is 11.2 Å². The summed E-state index contributed by atoms with van der Waals surface area (Å²) >= 11 is 0. The molecule has 1 aromatic rings. The molecule has 0 aliphatic rings. The number of aliphatic carboxylic acids is 1. The Morgan fingerprint density at radius 2 is 2.38 bits per heavy atom. The monoisotopic (exact) mass is 182 g/mol. The largest absolute Gasteiger partial charge is 0.497 e. The minimum Gasteiger partial charge on any atom is -0.497 e. The number of hydrogen-bond donors (Lipinski definition) is 2. The first-order chi connectivity index (χ1) is 6.11. The van der Waals surface area contributed by atoms with Gasteiger partial charge in [-0.25, -0.2) is 4.98 Å². The number of carbonyl (C=O) groups is 1. The smallest absolute Gasteiger partial charge is 0.309 e. The molecular weight excluding hydrogens is 172 g/mol. The quantitative estimate of drug-likeness (QED) is 0.702. The van der Waals surface area contributed by atoms with Gasteiger partial charge in [0.25, 0.3) is 0 Å². The molecule has 3 N–H and O–H groups in total. The highest BCUT2D eigenvalue weighted by molar-refractivity contribution is 5.69. The van der Waals surface area contributed by atoms with Crippen molar-refractivity contribution in [3.8, 4) is 5.75 Å². The third-order valence-electron chi connectivity index (χ3n) is 1.44. The number of nitrogen functional groups attached to an aromatic ring is 1. The second-order valence-electron chi connectivity index (χ2n) is 2.49. The molecule has 5 nitrogen and oxygen atoms in total. The number of ether oxygens (including phenoxy) is 1. The average molecular weight is 182 g/mol. The molecule has 0 atom stereocenters. The number of methoxy groups -OCH3 is 1. The van der Waals surface area contributed by atoms with Crippen LogP contribution in [0, 0.1) is 0 Å². The summed E-state index contributed by atoms with van der Waals surface area (Å²) in [7, 11) is 1.49. The van der Waals surface area contributed by atoms with Crippen LogP contribution >= 0.6 is 0 Å². The van der Waals surface area contributed by atoms with E-state index in [0.29, 0.717) is 11.4 Å². The molecule has 5 heteroatoms. The van der Waals surface area contributed by atoms with Crippen molar-refractivity contribution >= 4 is 11.8 Å². The average Bonchev–Trinajstić information content (AvgIpc) is 2.01. The molecule has 0 radical (unpaired) electrons. The number of nitrogens with zero attached hydrogens (tertiary/aromatic N) is 1. The van der Waals surface area contributed by atoms with E-state index in [1.165, 1.54) is 13.2 Å². The van der Waals surface area contributed by atoms with Crippen molar-refractivity contribution in [3.63, 3.8) is 0 Å². The Balaban J connectivity index is 2.94. The van der Waals surface area contributed by atoms with E-state index in [2.05, 4.69) is 4.98 Å². The van der Waals surface area contributed by atoms with E-state index in [9.17, 15) is 4.79 Å².